The Morgan fingerprint density at radius 2 is 0.537 bits per heavy atom. The molecular formula is C61H108O6. The number of hydrogen-bond acceptors (Lipinski definition) is 6. The van der Waals surface area contributed by atoms with Crippen molar-refractivity contribution in [2.24, 2.45) is 0 Å². The molecule has 0 saturated heterocycles. The van der Waals surface area contributed by atoms with Gasteiger partial charge in [-0.05, 0) is 89.9 Å². The molecule has 0 rings (SSSR count). The maximum atomic E-state index is 12.9. The second kappa shape index (κ2) is 55.7. The maximum absolute atomic E-state index is 12.9. The molecule has 0 spiro atoms. The zero-order valence-corrected chi connectivity index (χ0v) is 44.4. The first-order valence-electron chi connectivity index (χ1n) is 28.8. The monoisotopic (exact) mass is 937 g/mol. The molecule has 0 aromatic carbocycles. The van der Waals surface area contributed by atoms with Crippen LogP contribution in [0.15, 0.2) is 60.8 Å². The summed E-state index contributed by atoms with van der Waals surface area (Å²) >= 11 is 0. The fourth-order valence-corrected chi connectivity index (χ4v) is 8.13. The van der Waals surface area contributed by atoms with E-state index in [1.54, 1.807) is 0 Å². The number of esters is 3. The maximum Gasteiger partial charge on any atom is 0.306 e. The van der Waals surface area contributed by atoms with Crippen molar-refractivity contribution in [1.29, 1.82) is 0 Å². The van der Waals surface area contributed by atoms with Gasteiger partial charge in [-0.2, -0.15) is 0 Å². The van der Waals surface area contributed by atoms with Crippen LogP contribution < -0.4 is 0 Å². The van der Waals surface area contributed by atoms with E-state index in [0.29, 0.717) is 19.3 Å². The van der Waals surface area contributed by atoms with Crippen LogP contribution in [0.2, 0.25) is 0 Å². The van der Waals surface area contributed by atoms with Crippen molar-refractivity contribution in [1.82, 2.24) is 0 Å². The van der Waals surface area contributed by atoms with E-state index >= 15 is 0 Å². The third-order valence-corrected chi connectivity index (χ3v) is 12.5. The van der Waals surface area contributed by atoms with Crippen LogP contribution in [-0.4, -0.2) is 37.2 Å². The Morgan fingerprint density at radius 3 is 0.866 bits per heavy atom. The van der Waals surface area contributed by atoms with Gasteiger partial charge in [-0.3, -0.25) is 14.4 Å². The van der Waals surface area contributed by atoms with E-state index in [2.05, 4.69) is 81.5 Å². The van der Waals surface area contributed by atoms with Crippen molar-refractivity contribution in [3.05, 3.63) is 60.8 Å². The van der Waals surface area contributed by atoms with Crippen LogP contribution in [0.3, 0.4) is 0 Å². The summed E-state index contributed by atoms with van der Waals surface area (Å²) in [6, 6.07) is 0. The molecule has 0 aliphatic rings. The van der Waals surface area contributed by atoms with Crippen LogP contribution in [0.5, 0.6) is 0 Å². The van der Waals surface area contributed by atoms with Crippen LogP contribution in [-0.2, 0) is 28.6 Å². The number of ether oxygens (including phenoxy) is 3. The van der Waals surface area contributed by atoms with E-state index in [1.165, 1.54) is 167 Å². The number of carbonyl (C=O) groups is 3. The number of unbranched alkanes of at least 4 members (excludes halogenated alkanes) is 31. The summed E-state index contributed by atoms with van der Waals surface area (Å²) < 4.78 is 16.9. The fourth-order valence-electron chi connectivity index (χ4n) is 8.13. The zero-order chi connectivity index (χ0) is 48.6. The predicted octanol–water partition coefficient (Wildman–Crippen LogP) is 19.2. The molecule has 388 valence electrons. The summed E-state index contributed by atoms with van der Waals surface area (Å²) in [7, 11) is 0. The molecule has 1 atom stereocenters. The summed E-state index contributed by atoms with van der Waals surface area (Å²) in [6.07, 6.45) is 69.2. The first kappa shape index (κ1) is 64.1. The molecule has 0 saturated carbocycles. The van der Waals surface area contributed by atoms with E-state index in [0.717, 1.165) is 83.5 Å². The van der Waals surface area contributed by atoms with Gasteiger partial charge in [0.25, 0.3) is 0 Å². The molecule has 0 unspecified atom stereocenters. The molecule has 67 heavy (non-hydrogen) atoms. The molecule has 0 aliphatic heterocycles. The highest BCUT2D eigenvalue weighted by Crippen LogP contribution is 2.15. The van der Waals surface area contributed by atoms with Crippen molar-refractivity contribution in [3.8, 4) is 0 Å². The van der Waals surface area contributed by atoms with Crippen molar-refractivity contribution in [2.75, 3.05) is 13.2 Å². The van der Waals surface area contributed by atoms with Gasteiger partial charge in [-0.1, -0.05) is 242 Å². The number of carbonyl (C=O) groups excluding carboxylic acids is 3. The lowest BCUT2D eigenvalue weighted by Crippen LogP contribution is -2.30. The quantitative estimate of drug-likeness (QED) is 0.0262. The minimum absolute atomic E-state index is 0.0779. The molecule has 0 aromatic rings. The van der Waals surface area contributed by atoms with Gasteiger partial charge >= 0.3 is 17.9 Å². The lowest BCUT2D eigenvalue weighted by Gasteiger charge is -2.18. The van der Waals surface area contributed by atoms with Gasteiger partial charge in [0, 0.05) is 19.3 Å². The Bertz CT molecular complexity index is 1210. The molecular weight excluding hydrogens is 829 g/mol. The first-order valence-corrected chi connectivity index (χ1v) is 28.8. The van der Waals surface area contributed by atoms with Gasteiger partial charge in [-0.25, -0.2) is 0 Å². The Labute approximate surface area is 415 Å². The molecule has 0 heterocycles. The van der Waals surface area contributed by atoms with Gasteiger partial charge < -0.3 is 14.2 Å². The lowest BCUT2D eigenvalue weighted by atomic mass is 10.1. The number of rotatable bonds is 52. The normalized spacial score (nSPS) is 12.5. The highest BCUT2D eigenvalue weighted by atomic mass is 16.6. The van der Waals surface area contributed by atoms with E-state index < -0.39 is 6.10 Å². The molecule has 0 radical (unpaired) electrons. The predicted molar refractivity (Wildman–Crippen MR) is 288 cm³/mol. The Balaban J connectivity index is 4.35. The third-order valence-electron chi connectivity index (χ3n) is 12.5. The Kier molecular flexibility index (Phi) is 53.3. The highest BCUT2D eigenvalue weighted by Gasteiger charge is 2.19. The molecule has 0 bridgehead atoms. The summed E-state index contributed by atoms with van der Waals surface area (Å²) in [5.74, 6) is -0.885. The first-order chi connectivity index (χ1) is 33.0. The second-order valence-electron chi connectivity index (χ2n) is 19.2. The van der Waals surface area contributed by atoms with Crippen molar-refractivity contribution in [2.45, 2.75) is 297 Å². The summed E-state index contributed by atoms with van der Waals surface area (Å²) in [4.78, 5) is 38.1. The summed E-state index contributed by atoms with van der Waals surface area (Å²) in [5, 5.41) is 0. The van der Waals surface area contributed by atoms with E-state index in [-0.39, 0.29) is 31.1 Å². The van der Waals surface area contributed by atoms with Crippen molar-refractivity contribution < 1.29 is 28.6 Å². The molecule has 0 N–H and O–H groups in total. The van der Waals surface area contributed by atoms with Crippen LogP contribution in [0.25, 0.3) is 0 Å². The molecule has 6 nitrogen and oxygen atoms in total. The van der Waals surface area contributed by atoms with Crippen LogP contribution in [0.1, 0.15) is 290 Å². The van der Waals surface area contributed by atoms with E-state index in [9.17, 15) is 14.4 Å². The largest absolute Gasteiger partial charge is 0.462 e. The lowest BCUT2D eigenvalue weighted by molar-refractivity contribution is -0.167. The second-order valence-corrected chi connectivity index (χ2v) is 19.2. The smallest absolute Gasteiger partial charge is 0.306 e. The topological polar surface area (TPSA) is 78.9 Å². The van der Waals surface area contributed by atoms with E-state index in [4.69, 9.17) is 14.2 Å². The SMILES string of the molecule is CCCCC/C=C\C/C=C\C/C=C\CCCCCCCCC(=O)OC[C@@H](COC(=O)CCCCCCCCCCCCC)OC(=O)CCCCCCCCCCC/C=C\C/C=C\CCCCC. The highest BCUT2D eigenvalue weighted by molar-refractivity contribution is 5.71. The van der Waals surface area contributed by atoms with Gasteiger partial charge in [0.05, 0.1) is 0 Å². The average molecular weight is 938 g/mol. The Morgan fingerprint density at radius 1 is 0.299 bits per heavy atom. The zero-order valence-electron chi connectivity index (χ0n) is 44.4. The summed E-state index contributed by atoms with van der Waals surface area (Å²) in [6.45, 7) is 6.59. The average Bonchev–Trinajstić information content (AvgIpc) is 3.33. The minimum atomic E-state index is -0.780. The summed E-state index contributed by atoms with van der Waals surface area (Å²) in [5.41, 5.74) is 0. The molecule has 0 fully saturated rings. The van der Waals surface area contributed by atoms with Gasteiger partial charge in [0.2, 0.25) is 0 Å². The fraction of sp³-hybridized carbons (Fsp3) is 0.787. The minimum Gasteiger partial charge on any atom is -0.462 e. The Hall–Kier alpha value is -2.89. The van der Waals surface area contributed by atoms with Crippen molar-refractivity contribution >= 4 is 17.9 Å². The van der Waals surface area contributed by atoms with Gasteiger partial charge in [0.1, 0.15) is 13.2 Å². The molecule has 0 aliphatic carbocycles. The number of hydrogen-bond donors (Lipinski definition) is 0. The van der Waals surface area contributed by atoms with Crippen LogP contribution in [0.4, 0.5) is 0 Å². The number of allylic oxidation sites excluding steroid dienone is 10. The standard InChI is InChI=1S/C61H108O6/c1-4-7-10-13-16-19-22-24-26-28-30-32-34-36-39-42-45-48-51-54-60(63)66-57-58(56-65-59(62)53-50-47-44-41-38-21-18-15-12-9-6-3)67-61(64)55-52-49-46-43-40-37-35-33-31-29-27-25-23-20-17-14-11-8-5-2/h16-17,19-20,24-27,30,32,58H,4-15,18,21-23,28-29,31,33-57H2,1-3H3/b19-16-,20-17-,26-24-,27-25-,32-30-/t58-/m1/s1. The molecule has 0 amide bonds. The van der Waals surface area contributed by atoms with Gasteiger partial charge in [-0.15, -0.1) is 0 Å². The van der Waals surface area contributed by atoms with E-state index in [1.807, 2.05) is 0 Å². The van der Waals surface area contributed by atoms with Crippen LogP contribution >= 0.6 is 0 Å². The van der Waals surface area contributed by atoms with Gasteiger partial charge in [0.15, 0.2) is 6.10 Å². The third kappa shape index (κ3) is 53.9. The molecule has 0 aromatic heterocycles. The van der Waals surface area contributed by atoms with Crippen molar-refractivity contribution in [3.63, 3.8) is 0 Å². The van der Waals surface area contributed by atoms with Crippen LogP contribution in [0, 0.1) is 0 Å². The molecule has 6 heteroatoms.